The second kappa shape index (κ2) is 5.96. The second-order valence-electron chi connectivity index (χ2n) is 6.02. The minimum atomic E-state index is -0.476. The lowest BCUT2D eigenvalue weighted by atomic mass is 9.94. The van der Waals surface area contributed by atoms with Gasteiger partial charge in [-0.2, -0.15) is 5.10 Å². The van der Waals surface area contributed by atoms with Crippen molar-refractivity contribution >= 4 is 22.8 Å². The molecular formula is C19H16N6O. The monoisotopic (exact) mass is 344 g/mol. The van der Waals surface area contributed by atoms with Crippen molar-refractivity contribution in [1.82, 2.24) is 20.4 Å². The normalized spacial score (nSPS) is 11.0. The molecule has 0 radical (unpaired) electrons. The highest BCUT2D eigenvalue weighted by atomic mass is 16.1. The van der Waals surface area contributed by atoms with Crippen LogP contribution in [-0.2, 0) is 0 Å². The van der Waals surface area contributed by atoms with Gasteiger partial charge in [0.05, 0.1) is 5.39 Å². The van der Waals surface area contributed by atoms with Crippen LogP contribution in [0.15, 0.2) is 48.5 Å². The van der Waals surface area contributed by atoms with Crippen LogP contribution in [0.2, 0.25) is 0 Å². The van der Waals surface area contributed by atoms with Gasteiger partial charge in [0.25, 0.3) is 0 Å². The molecule has 0 fully saturated rings. The number of anilines is 1. The van der Waals surface area contributed by atoms with Gasteiger partial charge in [-0.25, -0.2) is 0 Å². The van der Waals surface area contributed by atoms with Crippen molar-refractivity contribution in [2.24, 2.45) is 5.73 Å². The topological polar surface area (TPSA) is 124 Å². The molecule has 1 amide bonds. The lowest BCUT2D eigenvalue weighted by Gasteiger charge is -2.12. The van der Waals surface area contributed by atoms with Gasteiger partial charge in [-0.15, -0.1) is 10.2 Å². The summed E-state index contributed by atoms with van der Waals surface area (Å²) in [7, 11) is 0. The number of rotatable bonds is 3. The summed E-state index contributed by atoms with van der Waals surface area (Å²) in [5, 5.41) is 16.2. The Morgan fingerprint density at radius 1 is 1.04 bits per heavy atom. The molecule has 7 heteroatoms. The van der Waals surface area contributed by atoms with E-state index in [1.54, 1.807) is 24.3 Å². The molecule has 4 aromatic rings. The third-order valence-corrected chi connectivity index (χ3v) is 4.36. The van der Waals surface area contributed by atoms with E-state index >= 15 is 0 Å². The van der Waals surface area contributed by atoms with Crippen LogP contribution >= 0.6 is 0 Å². The predicted molar refractivity (Wildman–Crippen MR) is 100 cm³/mol. The Morgan fingerprint density at radius 2 is 1.77 bits per heavy atom. The molecule has 0 spiro atoms. The van der Waals surface area contributed by atoms with Gasteiger partial charge in [0, 0.05) is 16.7 Å². The number of carbonyl (C=O) groups excluding carboxylic acids is 1. The van der Waals surface area contributed by atoms with E-state index in [0.29, 0.717) is 22.7 Å². The Labute approximate surface area is 149 Å². The van der Waals surface area contributed by atoms with E-state index in [2.05, 4.69) is 20.4 Å². The molecule has 0 saturated carbocycles. The largest absolute Gasteiger partial charge is 0.383 e. The highest BCUT2D eigenvalue weighted by Gasteiger charge is 2.20. The number of aryl methyl sites for hydroxylation is 1. The number of nitrogens with one attached hydrogen (secondary N) is 1. The van der Waals surface area contributed by atoms with E-state index in [4.69, 9.17) is 11.5 Å². The molecule has 128 valence electrons. The predicted octanol–water partition coefficient (Wildman–Crippen LogP) is 2.68. The molecule has 0 aliphatic heterocycles. The second-order valence-corrected chi connectivity index (χ2v) is 6.02. The van der Waals surface area contributed by atoms with Crippen LogP contribution in [0.25, 0.3) is 33.4 Å². The minimum absolute atomic E-state index is 0.433. The number of aromatic nitrogens is 4. The van der Waals surface area contributed by atoms with Crippen molar-refractivity contribution in [2.75, 3.05) is 5.73 Å². The zero-order valence-electron chi connectivity index (χ0n) is 14.0. The number of primary amides is 1. The van der Waals surface area contributed by atoms with Crippen LogP contribution < -0.4 is 11.5 Å². The lowest BCUT2D eigenvalue weighted by Crippen LogP contribution is -2.10. The number of aromatic amines is 1. The third kappa shape index (κ3) is 2.46. The zero-order chi connectivity index (χ0) is 18.3. The Bertz CT molecular complexity index is 1130. The van der Waals surface area contributed by atoms with Crippen LogP contribution in [0.1, 0.15) is 15.9 Å². The molecular weight excluding hydrogens is 328 g/mol. The molecule has 0 unspecified atom stereocenters. The SMILES string of the molecule is Cc1ccccc1-c1c(-c2ccc(C(N)=O)cc2)nnc2n[nH]c(N)c12. The first-order valence-electron chi connectivity index (χ1n) is 8.02. The summed E-state index contributed by atoms with van der Waals surface area (Å²) in [6, 6.07) is 14.9. The molecule has 0 aliphatic carbocycles. The zero-order valence-corrected chi connectivity index (χ0v) is 14.0. The van der Waals surface area contributed by atoms with Gasteiger partial charge in [0.15, 0.2) is 0 Å². The van der Waals surface area contributed by atoms with Gasteiger partial charge in [-0.1, -0.05) is 36.4 Å². The number of H-pyrrole nitrogens is 1. The van der Waals surface area contributed by atoms with E-state index < -0.39 is 5.91 Å². The van der Waals surface area contributed by atoms with E-state index in [-0.39, 0.29) is 0 Å². The highest BCUT2D eigenvalue weighted by molar-refractivity contribution is 6.05. The standard InChI is InChI=1S/C19H16N6O/c1-10-4-2-3-5-13(10)14-15-17(20)23-25-19(15)24-22-16(14)11-6-8-12(9-7-11)18(21)26/h2-9H,1H3,(H2,21,26)(H3,20,23,24,25). The number of benzene rings is 2. The molecule has 0 aliphatic rings. The van der Waals surface area contributed by atoms with Gasteiger partial charge in [-0.3, -0.25) is 9.89 Å². The summed E-state index contributed by atoms with van der Waals surface area (Å²) in [6.07, 6.45) is 0. The summed E-state index contributed by atoms with van der Waals surface area (Å²) >= 11 is 0. The summed E-state index contributed by atoms with van der Waals surface area (Å²) < 4.78 is 0. The maximum atomic E-state index is 11.3. The van der Waals surface area contributed by atoms with Crippen LogP contribution in [0.4, 0.5) is 5.82 Å². The van der Waals surface area contributed by atoms with Crippen LogP contribution in [0.5, 0.6) is 0 Å². The molecule has 26 heavy (non-hydrogen) atoms. The lowest BCUT2D eigenvalue weighted by molar-refractivity contribution is 0.100. The van der Waals surface area contributed by atoms with Gasteiger partial charge in [0.2, 0.25) is 11.6 Å². The number of nitrogens with zero attached hydrogens (tertiary/aromatic N) is 3. The molecule has 0 bridgehead atoms. The smallest absolute Gasteiger partial charge is 0.248 e. The van der Waals surface area contributed by atoms with Gasteiger partial charge >= 0.3 is 0 Å². The number of nitrogens with two attached hydrogens (primary N) is 2. The Morgan fingerprint density at radius 3 is 2.46 bits per heavy atom. The van der Waals surface area contributed by atoms with Crippen LogP contribution in [0, 0.1) is 6.92 Å². The van der Waals surface area contributed by atoms with Gasteiger partial charge in [0.1, 0.15) is 11.5 Å². The molecule has 5 N–H and O–H groups in total. The van der Waals surface area contributed by atoms with Crippen LogP contribution in [0.3, 0.4) is 0 Å². The highest BCUT2D eigenvalue weighted by Crippen LogP contribution is 2.38. The van der Waals surface area contributed by atoms with Gasteiger partial charge < -0.3 is 11.5 Å². The maximum Gasteiger partial charge on any atom is 0.248 e. The fourth-order valence-corrected chi connectivity index (χ4v) is 3.04. The minimum Gasteiger partial charge on any atom is -0.383 e. The Balaban J connectivity index is 2.04. The van der Waals surface area contributed by atoms with E-state index in [1.165, 1.54) is 0 Å². The van der Waals surface area contributed by atoms with Crippen molar-refractivity contribution in [3.63, 3.8) is 0 Å². The van der Waals surface area contributed by atoms with Crippen LogP contribution in [-0.4, -0.2) is 26.3 Å². The van der Waals surface area contributed by atoms with E-state index in [0.717, 1.165) is 27.6 Å². The molecule has 2 heterocycles. The van der Waals surface area contributed by atoms with Crippen molar-refractivity contribution in [3.8, 4) is 22.4 Å². The maximum absolute atomic E-state index is 11.3. The third-order valence-electron chi connectivity index (χ3n) is 4.36. The first-order valence-corrected chi connectivity index (χ1v) is 8.02. The molecule has 0 saturated heterocycles. The first-order chi connectivity index (χ1) is 12.6. The average Bonchev–Trinajstić information content (AvgIpc) is 3.03. The summed E-state index contributed by atoms with van der Waals surface area (Å²) in [4.78, 5) is 11.3. The molecule has 2 aromatic carbocycles. The van der Waals surface area contributed by atoms with Crippen molar-refractivity contribution in [2.45, 2.75) is 6.92 Å². The van der Waals surface area contributed by atoms with E-state index in [1.807, 2.05) is 31.2 Å². The molecule has 7 nitrogen and oxygen atoms in total. The molecule has 0 atom stereocenters. The fourth-order valence-electron chi connectivity index (χ4n) is 3.04. The number of hydrogen-bond acceptors (Lipinski definition) is 5. The van der Waals surface area contributed by atoms with Crippen molar-refractivity contribution < 1.29 is 4.79 Å². The number of amides is 1. The van der Waals surface area contributed by atoms with Gasteiger partial charge in [-0.05, 0) is 30.2 Å². The van der Waals surface area contributed by atoms with Crippen molar-refractivity contribution in [1.29, 1.82) is 0 Å². The summed E-state index contributed by atoms with van der Waals surface area (Å²) in [6.45, 7) is 2.03. The Kier molecular flexibility index (Phi) is 3.62. The number of fused-ring (bicyclic) bond motifs is 1. The quantitative estimate of drug-likeness (QED) is 0.527. The van der Waals surface area contributed by atoms with E-state index in [9.17, 15) is 4.79 Å². The molecule has 2 aromatic heterocycles. The fraction of sp³-hybridized carbons (Fsp3) is 0.0526. The van der Waals surface area contributed by atoms with Crippen molar-refractivity contribution in [3.05, 3.63) is 59.7 Å². The number of hydrogen-bond donors (Lipinski definition) is 3. The summed E-state index contributed by atoms with van der Waals surface area (Å²) in [5.41, 5.74) is 16.7. The average molecular weight is 344 g/mol. The number of nitrogen functional groups attached to an aromatic ring is 1. The summed E-state index contributed by atoms with van der Waals surface area (Å²) in [5.74, 6) is -0.0422. The first kappa shape index (κ1) is 15.8. The Hall–Kier alpha value is -3.74. The molecule has 4 rings (SSSR count). The number of carbonyl (C=O) groups is 1.